The maximum atomic E-state index is 13.9. The molecule has 0 aromatic carbocycles. The Kier molecular flexibility index (Phi) is 5.81. The zero-order valence-corrected chi connectivity index (χ0v) is 18.5. The molecule has 0 saturated heterocycles. The number of aromatic nitrogens is 2. The lowest BCUT2D eigenvalue weighted by Gasteiger charge is -2.38. The van der Waals surface area contributed by atoms with E-state index in [9.17, 15) is 14.0 Å². The molecule has 0 unspecified atom stereocenters. The molecule has 2 N–H and O–H groups in total. The van der Waals surface area contributed by atoms with Gasteiger partial charge >= 0.3 is 0 Å². The van der Waals surface area contributed by atoms with Crippen molar-refractivity contribution in [1.82, 2.24) is 9.13 Å². The fourth-order valence-electron chi connectivity index (χ4n) is 4.04. The molecular formula is C23H31FN4O3. The Morgan fingerprint density at radius 3 is 2.16 bits per heavy atom. The highest BCUT2D eigenvalue weighted by molar-refractivity contribution is 5.44. The van der Waals surface area contributed by atoms with E-state index in [1.165, 1.54) is 4.57 Å². The number of alkyl halides is 1. The van der Waals surface area contributed by atoms with Gasteiger partial charge in [-0.05, 0) is 58.7 Å². The van der Waals surface area contributed by atoms with Crippen molar-refractivity contribution in [2.45, 2.75) is 83.4 Å². The zero-order valence-electron chi connectivity index (χ0n) is 18.5. The number of nitrogens with one attached hydrogen (secondary N) is 2. The van der Waals surface area contributed by atoms with Crippen molar-refractivity contribution in [1.29, 1.82) is 0 Å². The highest BCUT2D eigenvalue weighted by Crippen LogP contribution is 2.42. The van der Waals surface area contributed by atoms with Crippen molar-refractivity contribution in [2.24, 2.45) is 0 Å². The van der Waals surface area contributed by atoms with Crippen molar-refractivity contribution < 1.29 is 9.13 Å². The molecule has 2 saturated carbocycles. The van der Waals surface area contributed by atoms with Crippen LogP contribution in [0.25, 0.3) is 0 Å². The number of nitrogens with zero attached hydrogens (tertiary/aromatic N) is 2. The van der Waals surface area contributed by atoms with Crippen LogP contribution in [0.15, 0.2) is 40.1 Å². The van der Waals surface area contributed by atoms with Gasteiger partial charge in [-0.25, -0.2) is 4.39 Å². The molecule has 4 atom stereocenters. The number of ether oxygens (including phenoxy) is 1. The summed E-state index contributed by atoms with van der Waals surface area (Å²) < 4.78 is 23.2. The van der Waals surface area contributed by atoms with Crippen LogP contribution in [0.4, 0.5) is 15.8 Å². The molecule has 0 spiro atoms. The van der Waals surface area contributed by atoms with E-state index < -0.39 is 12.2 Å². The summed E-state index contributed by atoms with van der Waals surface area (Å²) in [6.07, 6.45) is 2.38. The number of hydrogen-bond donors (Lipinski definition) is 2. The molecule has 0 aliphatic heterocycles. The van der Waals surface area contributed by atoms with Crippen molar-refractivity contribution >= 4 is 11.4 Å². The van der Waals surface area contributed by atoms with Crippen LogP contribution in [0.3, 0.4) is 0 Å². The Labute approximate surface area is 181 Å². The molecule has 7 nitrogen and oxygen atoms in total. The molecule has 4 rings (SSSR count). The zero-order chi connectivity index (χ0) is 22.3. The molecule has 2 heterocycles. The Morgan fingerprint density at radius 1 is 0.968 bits per heavy atom. The average Bonchev–Trinajstić information content (AvgIpc) is 3.39. The van der Waals surface area contributed by atoms with Gasteiger partial charge in [0.25, 0.3) is 11.1 Å². The Morgan fingerprint density at radius 2 is 1.61 bits per heavy atom. The molecule has 31 heavy (non-hydrogen) atoms. The van der Waals surface area contributed by atoms with Crippen molar-refractivity contribution in [3.8, 4) is 5.88 Å². The van der Waals surface area contributed by atoms with E-state index >= 15 is 0 Å². The third-order valence-corrected chi connectivity index (χ3v) is 5.76. The summed E-state index contributed by atoms with van der Waals surface area (Å²) in [5, 5.41) is 6.30. The van der Waals surface area contributed by atoms with Gasteiger partial charge in [-0.3, -0.25) is 14.2 Å². The monoisotopic (exact) mass is 430 g/mol. The predicted octanol–water partition coefficient (Wildman–Crippen LogP) is 3.72. The van der Waals surface area contributed by atoms with E-state index in [2.05, 4.69) is 10.6 Å². The average molecular weight is 431 g/mol. The van der Waals surface area contributed by atoms with Crippen LogP contribution >= 0.6 is 0 Å². The minimum atomic E-state index is -1.03. The van der Waals surface area contributed by atoms with Crippen molar-refractivity contribution in [2.75, 3.05) is 10.6 Å². The normalized spacial score (nSPS) is 24.7. The third-order valence-electron chi connectivity index (χ3n) is 5.76. The second kappa shape index (κ2) is 8.40. The Bertz CT molecular complexity index is 1060. The summed E-state index contributed by atoms with van der Waals surface area (Å²) >= 11 is 0. The van der Waals surface area contributed by atoms with Gasteiger partial charge in [0.05, 0.1) is 12.1 Å². The summed E-state index contributed by atoms with van der Waals surface area (Å²) in [6, 6.07) is 6.67. The minimum absolute atomic E-state index is 0.0860. The van der Waals surface area contributed by atoms with E-state index in [0.717, 1.165) is 12.8 Å². The third kappa shape index (κ3) is 4.34. The van der Waals surface area contributed by atoms with Crippen molar-refractivity contribution in [3.05, 3.63) is 51.2 Å². The number of pyridine rings is 2. The van der Waals surface area contributed by atoms with E-state index in [0.29, 0.717) is 23.7 Å². The predicted molar refractivity (Wildman–Crippen MR) is 120 cm³/mol. The largest absolute Gasteiger partial charge is 0.473 e. The van der Waals surface area contributed by atoms with Crippen LogP contribution in [0, 0.1) is 0 Å². The van der Waals surface area contributed by atoms with Gasteiger partial charge in [0.2, 0.25) is 0 Å². The fraction of sp³-hybridized carbons (Fsp3) is 0.565. The van der Waals surface area contributed by atoms with E-state index in [4.69, 9.17) is 4.74 Å². The molecule has 2 aliphatic rings. The lowest BCUT2D eigenvalue weighted by atomic mass is 9.88. The number of halogens is 1. The van der Waals surface area contributed by atoms with Crippen LogP contribution in [0.2, 0.25) is 0 Å². The first-order chi connectivity index (χ1) is 14.8. The molecule has 2 aliphatic carbocycles. The van der Waals surface area contributed by atoms with E-state index in [1.54, 1.807) is 29.0 Å². The Hall–Kier alpha value is -2.77. The Balaban J connectivity index is 1.60. The summed E-state index contributed by atoms with van der Waals surface area (Å²) in [6.45, 7) is 7.86. The van der Waals surface area contributed by atoms with Crippen LogP contribution in [-0.4, -0.2) is 33.5 Å². The van der Waals surface area contributed by atoms with Gasteiger partial charge in [-0.2, -0.15) is 0 Å². The van der Waals surface area contributed by atoms with E-state index in [1.807, 2.05) is 33.8 Å². The molecule has 168 valence electrons. The van der Waals surface area contributed by atoms with Crippen LogP contribution in [-0.2, 0) is 0 Å². The summed E-state index contributed by atoms with van der Waals surface area (Å²) in [7, 11) is 0. The van der Waals surface area contributed by atoms with Crippen LogP contribution < -0.4 is 26.5 Å². The molecule has 0 radical (unpaired) electrons. The molecule has 2 fully saturated rings. The second-order valence-corrected chi connectivity index (χ2v) is 9.11. The summed E-state index contributed by atoms with van der Waals surface area (Å²) in [5.74, 6) is 0.365. The minimum Gasteiger partial charge on any atom is -0.473 e. The van der Waals surface area contributed by atoms with Gasteiger partial charge in [0.15, 0.2) is 5.88 Å². The molecule has 2 aromatic heterocycles. The van der Waals surface area contributed by atoms with Gasteiger partial charge in [-0.1, -0.05) is 0 Å². The van der Waals surface area contributed by atoms with Crippen molar-refractivity contribution in [3.63, 3.8) is 0 Å². The molecular weight excluding hydrogens is 399 g/mol. The number of rotatable bonds is 8. The molecule has 0 amide bonds. The quantitative estimate of drug-likeness (QED) is 0.668. The first kappa shape index (κ1) is 21.5. The van der Waals surface area contributed by atoms with Crippen LogP contribution in [0.5, 0.6) is 5.88 Å². The fourth-order valence-corrected chi connectivity index (χ4v) is 4.04. The second-order valence-electron chi connectivity index (χ2n) is 9.11. The van der Waals surface area contributed by atoms with Gasteiger partial charge in [-0.15, -0.1) is 0 Å². The van der Waals surface area contributed by atoms with Gasteiger partial charge in [0.1, 0.15) is 23.7 Å². The topological polar surface area (TPSA) is 77.3 Å². The van der Waals surface area contributed by atoms with Crippen LogP contribution in [0.1, 0.15) is 59.0 Å². The van der Waals surface area contributed by atoms with Gasteiger partial charge < -0.3 is 19.9 Å². The summed E-state index contributed by atoms with van der Waals surface area (Å²) in [5.41, 5.74) is 0.639. The maximum Gasteiger partial charge on any atom is 0.277 e. The highest BCUT2D eigenvalue weighted by atomic mass is 19.1. The van der Waals surface area contributed by atoms with E-state index in [-0.39, 0.29) is 35.3 Å². The standard InChI is InChI=1S/C23H31FN4O3/c1-13(2)25-16-6-5-11-27(22(16)29)18-8-9-20(18)31-21-10-7-17(26-14(3)4)23(30)28(21)19-12-15(19)24/h5-7,10-11,13-15,18-20,25-26H,8-9,12H2,1-4H3/t15-,18-,19-,20-/m0/s1. The SMILES string of the molecule is CC(C)Nc1cccn([C@H]2CC[C@@H]2Oc2ccc(NC(C)C)c(=O)n2[C@H]2C[C@@H]2F)c1=O. The summed E-state index contributed by atoms with van der Waals surface area (Å²) in [4.78, 5) is 25.9. The first-order valence-electron chi connectivity index (χ1n) is 11.1. The lowest BCUT2D eigenvalue weighted by Crippen LogP contribution is -2.44. The lowest BCUT2D eigenvalue weighted by molar-refractivity contribution is 0.0434. The maximum absolute atomic E-state index is 13.9. The smallest absolute Gasteiger partial charge is 0.277 e. The number of anilines is 2. The first-order valence-corrected chi connectivity index (χ1v) is 11.1. The highest BCUT2D eigenvalue weighted by Gasteiger charge is 2.43. The molecule has 8 heteroatoms. The molecule has 0 bridgehead atoms. The van der Waals surface area contributed by atoms with Gasteiger partial charge in [0, 0.05) is 30.8 Å². The molecule has 2 aromatic rings. The number of hydrogen-bond acceptors (Lipinski definition) is 5.